The quantitative estimate of drug-likeness (QED) is 0.694. The van der Waals surface area contributed by atoms with Crippen molar-refractivity contribution >= 4 is 33.1 Å². The van der Waals surface area contributed by atoms with Crippen LogP contribution in [0.4, 0.5) is 5.69 Å². The van der Waals surface area contributed by atoms with Crippen LogP contribution in [0.3, 0.4) is 0 Å². The number of aryl methyl sites for hydroxylation is 4. The summed E-state index contributed by atoms with van der Waals surface area (Å²) in [5, 5.41) is 3.72. The number of carbonyl (C=O) groups excluding carboxylic acids is 1. The molecule has 0 unspecified atom stereocenters. The van der Waals surface area contributed by atoms with E-state index in [1.165, 1.54) is 10.4 Å². The third-order valence-electron chi connectivity index (χ3n) is 5.12. The first-order valence-corrected chi connectivity index (χ1v) is 10.3. The van der Waals surface area contributed by atoms with Gasteiger partial charge in [0.1, 0.15) is 10.7 Å². The second-order valence-electron chi connectivity index (χ2n) is 7.59. The molecule has 0 radical (unpaired) electrons. The number of anilines is 1. The summed E-state index contributed by atoms with van der Waals surface area (Å²) in [6.07, 6.45) is 3.14. The van der Waals surface area contributed by atoms with Gasteiger partial charge in [-0.15, -0.1) is 11.3 Å². The van der Waals surface area contributed by atoms with Crippen LogP contribution in [-0.4, -0.2) is 34.4 Å². The van der Waals surface area contributed by atoms with Crippen LogP contribution in [0.5, 0.6) is 0 Å². The van der Waals surface area contributed by atoms with Crippen molar-refractivity contribution in [1.82, 2.24) is 14.9 Å². The van der Waals surface area contributed by atoms with Crippen molar-refractivity contribution < 1.29 is 4.79 Å². The van der Waals surface area contributed by atoms with Crippen LogP contribution in [0.1, 0.15) is 33.8 Å². The van der Waals surface area contributed by atoms with E-state index in [1.807, 2.05) is 44.0 Å². The standard InChI is InChI=1S/C21H24N4O2S/c1-12-7-8-13(2)15(9-12)22-18(26)11-25(3)10-17-23-20(27)19-14-5-4-6-16(14)28-21(19)24-17/h7-9H,4-6,10-11H2,1-3H3,(H,22,26)(H,23,24,27). The van der Waals surface area contributed by atoms with Crippen LogP contribution in [-0.2, 0) is 24.2 Å². The zero-order valence-electron chi connectivity index (χ0n) is 16.4. The molecule has 1 aliphatic carbocycles. The largest absolute Gasteiger partial charge is 0.325 e. The smallest absolute Gasteiger partial charge is 0.259 e. The number of hydrogen-bond donors (Lipinski definition) is 2. The third-order valence-corrected chi connectivity index (χ3v) is 6.31. The number of nitrogens with one attached hydrogen (secondary N) is 2. The third kappa shape index (κ3) is 3.72. The number of likely N-dealkylation sites (N-methyl/N-ethyl adjacent to an activating group) is 1. The zero-order chi connectivity index (χ0) is 19.8. The molecule has 1 aromatic carbocycles. The summed E-state index contributed by atoms with van der Waals surface area (Å²) in [6, 6.07) is 5.99. The topological polar surface area (TPSA) is 78.1 Å². The van der Waals surface area contributed by atoms with E-state index >= 15 is 0 Å². The van der Waals surface area contributed by atoms with Gasteiger partial charge < -0.3 is 10.3 Å². The molecule has 2 N–H and O–H groups in total. The summed E-state index contributed by atoms with van der Waals surface area (Å²) < 4.78 is 0. The van der Waals surface area contributed by atoms with Gasteiger partial charge in [0, 0.05) is 10.6 Å². The van der Waals surface area contributed by atoms with E-state index in [4.69, 9.17) is 0 Å². The normalized spacial score (nSPS) is 13.3. The Labute approximate surface area is 167 Å². The Kier molecular flexibility index (Phi) is 5.03. The molecular weight excluding hydrogens is 372 g/mol. The van der Waals surface area contributed by atoms with E-state index in [-0.39, 0.29) is 18.0 Å². The Morgan fingerprint density at radius 1 is 1.32 bits per heavy atom. The Morgan fingerprint density at radius 2 is 2.14 bits per heavy atom. The zero-order valence-corrected chi connectivity index (χ0v) is 17.2. The molecule has 0 fully saturated rings. The van der Waals surface area contributed by atoms with Crippen molar-refractivity contribution in [3.05, 3.63) is 55.9 Å². The summed E-state index contributed by atoms with van der Waals surface area (Å²) in [6.45, 7) is 4.60. The molecule has 6 nitrogen and oxygen atoms in total. The molecule has 3 aromatic rings. The average molecular weight is 397 g/mol. The number of carbonyl (C=O) groups is 1. The maximum absolute atomic E-state index is 12.5. The number of benzene rings is 1. The lowest BCUT2D eigenvalue weighted by molar-refractivity contribution is -0.117. The van der Waals surface area contributed by atoms with Crippen LogP contribution in [0.2, 0.25) is 0 Å². The highest BCUT2D eigenvalue weighted by Crippen LogP contribution is 2.34. The summed E-state index contributed by atoms with van der Waals surface area (Å²) in [7, 11) is 1.85. The van der Waals surface area contributed by atoms with Crippen LogP contribution >= 0.6 is 11.3 Å². The van der Waals surface area contributed by atoms with E-state index < -0.39 is 0 Å². The fourth-order valence-corrected chi connectivity index (χ4v) is 5.02. The molecule has 28 heavy (non-hydrogen) atoms. The van der Waals surface area contributed by atoms with Gasteiger partial charge >= 0.3 is 0 Å². The number of rotatable bonds is 5. The van der Waals surface area contributed by atoms with Crippen molar-refractivity contribution in [3.63, 3.8) is 0 Å². The first kappa shape index (κ1) is 18.8. The highest BCUT2D eigenvalue weighted by atomic mass is 32.1. The number of hydrogen-bond acceptors (Lipinski definition) is 5. The molecule has 1 aliphatic rings. The molecule has 0 spiro atoms. The number of thiophene rings is 1. The predicted molar refractivity (Wildman–Crippen MR) is 113 cm³/mol. The SMILES string of the molecule is Cc1ccc(C)c(NC(=O)CN(C)Cc2nc3sc4c(c3c(=O)[nH]2)CCC4)c1. The molecule has 2 heterocycles. The van der Waals surface area contributed by atoms with Crippen molar-refractivity contribution in [1.29, 1.82) is 0 Å². The van der Waals surface area contributed by atoms with Gasteiger partial charge in [-0.05, 0) is 62.9 Å². The average Bonchev–Trinajstić information content (AvgIpc) is 3.18. The van der Waals surface area contributed by atoms with Gasteiger partial charge in [-0.2, -0.15) is 0 Å². The lowest BCUT2D eigenvalue weighted by Gasteiger charge is -2.16. The lowest BCUT2D eigenvalue weighted by Crippen LogP contribution is -2.31. The summed E-state index contributed by atoms with van der Waals surface area (Å²) in [5.41, 5.74) is 4.09. The number of nitrogens with zero attached hydrogens (tertiary/aromatic N) is 2. The van der Waals surface area contributed by atoms with E-state index in [9.17, 15) is 9.59 Å². The molecule has 0 bridgehead atoms. The van der Waals surface area contributed by atoms with E-state index in [1.54, 1.807) is 11.3 Å². The first-order valence-electron chi connectivity index (χ1n) is 9.50. The Hall–Kier alpha value is -2.51. The second kappa shape index (κ2) is 7.48. The van der Waals surface area contributed by atoms with Crippen LogP contribution in [0, 0.1) is 13.8 Å². The van der Waals surface area contributed by atoms with Crippen LogP contribution in [0.25, 0.3) is 10.2 Å². The number of amides is 1. The minimum Gasteiger partial charge on any atom is -0.325 e. The fraction of sp³-hybridized carbons (Fsp3) is 0.381. The lowest BCUT2D eigenvalue weighted by atomic mass is 10.1. The van der Waals surface area contributed by atoms with Crippen LogP contribution in [0.15, 0.2) is 23.0 Å². The number of H-pyrrole nitrogens is 1. The minimum atomic E-state index is -0.0882. The van der Waals surface area contributed by atoms with Gasteiger partial charge in [-0.1, -0.05) is 12.1 Å². The van der Waals surface area contributed by atoms with Crippen molar-refractivity contribution in [2.75, 3.05) is 18.9 Å². The number of aromatic nitrogens is 2. The molecule has 4 rings (SSSR count). The van der Waals surface area contributed by atoms with Crippen LogP contribution < -0.4 is 10.9 Å². The Balaban J connectivity index is 1.45. The maximum atomic E-state index is 12.5. The minimum absolute atomic E-state index is 0.0624. The van der Waals surface area contributed by atoms with Crippen molar-refractivity contribution in [2.45, 2.75) is 39.7 Å². The Bertz CT molecular complexity index is 1120. The molecule has 0 aliphatic heterocycles. The molecule has 7 heteroatoms. The second-order valence-corrected chi connectivity index (χ2v) is 8.67. The molecule has 146 valence electrons. The highest BCUT2D eigenvalue weighted by Gasteiger charge is 2.21. The summed E-state index contributed by atoms with van der Waals surface area (Å²) >= 11 is 1.63. The molecule has 1 amide bonds. The first-order chi connectivity index (χ1) is 13.4. The fourth-order valence-electron chi connectivity index (χ4n) is 3.74. The Morgan fingerprint density at radius 3 is 2.96 bits per heavy atom. The van der Waals surface area contributed by atoms with E-state index in [0.717, 1.165) is 46.3 Å². The number of aromatic amines is 1. The van der Waals surface area contributed by atoms with E-state index in [2.05, 4.69) is 15.3 Å². The monoisotopic (exact) mass is 396 g/mol. The van der Waals surface area contributed by atoms with Crippen molar-refractivity contribution in [2.24, 2.45) is 0 Å². The van der Waals surface area contributed by atoms with E-state index in [0.29, 0.717) is 12.4 Å². The van der Waals surface area contributed by atoms with Gasteiger partial charge in [0.25, 0.3) is 5.56 Å². The molecule has 0 atom stereocenters. The van der Waals surface area contributed by atoms with Crippen molar-refractivity contribution in [3.8, 4) is 0 Å². The van der Waals surface area contributed by atoms with Gasteiger partial charge in [0.15, 0.2) is 0 Å². The van der Waals surface area contributed by atoms with Gasteiger partial charge in [-0.3, -0.25) is 14.5 Å². The summed E-state index contributed by atoms with van der Waals surface area (Å²) in [4.78, 5) is 36.5. The highest BCUT2D eigenvalue weighted by molar-refractivity contribution is 7.18. The summed E-state index contributed by atoms with van der Waals surface area (Å²) in [5.74, 6) is 0.509. The van der Waals surface area contributed by atoms with Gasteiger partial charge in [0.05, 0.1) is 18.5 Å². The van der Waals surface area contributed by atoms with Gasteiger partial charge in [-0.25, -0.2) is 4.98 Å². The maximum Gasteiger partial charge on any atom is 0.259 e. The molecule has 2 aromatic heterocycles. The molecule has 0 saturated heterocycles. The molecular formula is C21H24N4O2S. The van der Waals surface area contributed by atoms with Gasteiger partial charge in [0.2, 0.25) is 5.91 Å². The number of fused-ring (bicyclic) bond motifs is 3. The predicted octanol–water partition coefficient (Wildman–Crippen LogP) is 3.16. The molecule has 0 saturated carbocycles.